The SMILES string of the molecule is Cc1cc(-c2sc(NC(=O)N3CC(=O)N[C@@H](C)C3)nc2-c2cccc(C#N)c2)cc(C)n1. The predicted octanol–water partition coefficient (Wildman–Crippen LogP) is 3.71. The molecule has 3 aromatic rings. The van der Waals surface area contributed by atoms with Gasteiger partial charge in [-0.05, 0) is 50.6 Å². The van der Waals surface area contributed by atoms with Crippen molar-refractivity contribution in [1.82, 2.24) is 20.2 Å². The molecule has 1 aliphatic rings. The van der Waals surface area contributed by atoms with Gasteiger partial charge in [-0.2, -0.15) is 5.26 Å². The Morgan fingerprint density at radius 1 is 1.22 bits per heavy atom. The van der Waals surface area contributed by atoms with E-state index in [0.717, 1.165) is 27.4 Å². The van der Waals surface area contributed by atoms with Crippen LogP contribution in [0, 0.1) is 25.2 Å². The molecule has 0 aliphatic carbocycles. The van der Waals surface area contributed by atoms with Gasteiger partial charge in [-0.3, -0.25) is 15.1 Å². The minimum Gasteiger partial charge on any atom is -0.350 e. The van der Waals surface area contributed by atoms with Crippen LogP contribution in [0.2, 0.25) is 0 Å². The molecule has 2 aromatic heterocycles. The van der Waals surface area contributed by atoms with E-state index in [4.69, 9.17) is 4.98 Å². The first-order valence-corrected chi connectivity index (χ1v) is 11.0. The number of carbonyl (C=O) groups excluding carboxylic acids is 2. The summed E-state index contributed by atoms with van der Waals surface area (Å²) in [6.45, 7) is 6.15. The Hall–Kier alpha value is -3.77. The minimum absolute atomic E-state index is 0.00816. The first kappa shape index (κ1) is 21.5. The van der Waals surface area contributed by atoms with E-state index in [-0.39, 0.29) is 24.5 Å². The number of hydrogen-bond acceptors (Lipinski definition) is 6. The van der Waals surface area contributed by atoms with E-state index < -0.39 is 0 Å². The summed E-state index contributed by atoms with van der Waals surface area (Å²) in [7, 11) is 0. The van der Waals surface area contributed by atoms with E-state index in [1.807, 2.05) is 45.0 Å². The molecule has 4 rings (SSSR count). The zero-order valence-electron chi connectivity index (χ0n) is 18.0. The van der Waals surface area contributed by atoms with E-state index in [0.29, 0.717) is 22.9 Å². The Balaban J connectivity index is 1.73. The molecule has 0 saturated carbocycles. The van der Waals surface area contributed by atoms with Gasteiger partial charge in [-0.25, -0.2) is 9.78 Å². The molecule has 32 heavy (non-hydrogen) atoms. The molecule has 0 bridgehead atoms. The second-order valence-electron chi connectivity index (χ2n) is 7.81. The van der Waals surface area contributed by atoms with Crippen molar-refractivity contribution in [3.8, 4) is 27.8 Å². The van der Waals surface area contributed by atoms with Crippen molar-refractivity contribution in [3.05, 3.63) is 53.3 Å². The van der Waals surface area contributed by atoms with Crippen LogP contribution in [0.15, 0.2) is 36.4 Å². The van der Waals surface area contributed by atoms with Crippen LogP contribution in [0.5, 0.6) is 0 Å². The van der Waals surface area contributed by atoms with Crippen LogP contribution in [-0.2, 0) is 4.79 Å². The summed E-state index contributed by atoms with van der Waals surface area (Å²) in [5.74, 6) is -0.185. The second-order valence-corrected chi connectivity index (χ2v) is 8.81. The van der Waals surface area contributed by atoms with Gasteiger partial charge in [0.1, 0.15) is 6.54 Å². The van der Waals surface area contributed by atoms with Gasteiger partial charge in [-0.1, -0.05) is 23.5 Å². The van der Waals surface area contributed by atoms with Gasteiger partial charge in [0.2, 0.25) is 5.91 Å². The Kier molecular flexibility index (Phi) is 5.88. The third-order valence-corrected chi connectivity index (χ3v) is 5.99. The third-order valence-electron chi connectivity index (χ3n) is 4.97. The molecule has 9 heteroatoms. The highest BCUT2D eigenvalue weighted by molar-refractivity contribution is 7.19. The van der Waals surface area contributed by atoms with Crippen molar-refractivity contribution in [2.75, 3.05) is 18.4 Å². The number of nitrogens with one attached hydrogen (secondary N) is 2. The third kappa shape index (κ3) is 4.60. The maximum Gasteiger partial charge on any atom is 0.324 e. The number of nitrogens with zero attached hydrogens (tertiary/aromatic N) is 4. The Bertz CT molecular complexity index is 1230. The number of hydrogen-bond donors (Lipinski definition) is 2. The van der Waals surface area contributed by atoms with Gasteiger partial charge in [-0.15, -0.1) is 0 Å². The monoisotopic (exact) mass is 446 g/mol. The standard InChI is InChI=1S/C23H22N6O2S/c1-13-7-18(8-14(2)25-13)21-20(17-6-4-5-16(9-17)10-24)27-22(32-21)28-23(31)29-11-15(3)26-19(30)12-29/h4-9,15H,11-12H2,1-3H3,(H,26,30)(H,27,28,31)/t15-/m0/s1. The summed E-state index contributed by atoms with van der Waals surface area (Å²) in [6.07, 6.45) is 0. The largest absolute Gasteiger partial charge is 0.350 e. The quantitative estimate of drug-likeness (QED) is 0.637. The number of aryl methyl sites for hydroxylation is 2. The molecule has 1 saturated heterocycles. The smallest absolute Gasteiger partial charge is 0.324 e. The average molecular weight is 447 g/mol. The summed E-state index contributed by atoms with van der Waals surface area (Å²) in [4.78, 5) is 36.1. The van der Waals surface area contributed by atoms with Crippen LogP contribution >= 0.6 is 11.3 Å². The van der Waals surface area contributed by atoms with E-state index in [2.05, 4.69) is 21.7 Å². The van der Waals surface area contributed by atoms with Gasteiger partial charge in [0.25, 0.3) is 0 Å². The predicted molar refractivity (Wildman–Crippen MR) is 123 cm³/mol. The molecule has 3 amide bonds. The minimum atomic E-state index is -0.369. The fraction of sp³-hybridized carbons (Fsp3) is 0.261. The number of aromatic nitrogens is 2. The van der Waals surface area contributed by atoms with Crippen LogP contribution in [0.1, 0.15) is 23.9 Å². The molecule has 1 aliphatic heterocycles. The Morgan fingerprint density at radius 2 is 1.97 bits per heavy atom. The highest BCUT2D eigenvalue weighted by atomic mass is 32.1. The number of rotatable bonds is 3. The Labute approximate surface area is 189 Å². The summed E-state index contributed by atoms with van der Waals surface area (Å²) < 4.78 is 0. The molecule has 162 valence electrons. The van der Waals surface area contributed by atoms with Crippen molar-refractivity contribution < 1.29 is 9.59 Å². The lowest BCUT2D eigenvalue weighted by molar-refractivity contribution is -0.124. The molecule has 8 nitrogen and oxygen atoms in total. The number of carbonyl (C=O) groups is 2. The number of thiazole rings is 1. The first-order chi connectivity index (χ1) is 15.3. The number of pyridine rings is 1. The highest BCUT2D eigenvalue weighted by Crippen LogP contribution is 2.39. The van der Waals surface area contributed by atoms with Crippen LogP contribution in [0.25, 0.3) is 21.7 Å². The molecule has 0 radical (unpaired) electrons. The summed E-state index contributed by atoms with van der Waals surface area (Å²) in [6, 6.07) is 12.8. The van der Waals surface area contributed by atoms with E-state index in [1.54, 1.807) is 12.1 Å². The molecule has 1 fully saturated rings. The maximum atomic E-state index is 12.8. The fourth-order valence-corrected chi connectivity index (χ4v) is 4.69. The van der Waals surface area contributed by atoms with E-state index >= 15 is 0 Å². The zero-order chi connectivity index (χ0) is 22.8. The van der Waals surface area contributed by atoms with Crippen LogP contribution in [0.3, 0.4) is 0 Å². The number of piperazine rings is 1. The van der Waals surface area contributed by atoms with Crippen molar-refractivity contribution in [2.24, 2.45) is 0 Å². The maximum absolute atomic E-state index is 12.8. The molecule has 3 heterocycles. The Morgan fingerprint density at radius 3 is 2.66 bits per heavy atom. The van der Waals surface area contributed by atoms with Gasteiger partial charge < -0.3 is 10.2 Å². The molecule has 1 aromatic carbocycles. The van der Waals surface area contributed by atoms with E-state index in [1.165, 1.54) is 16.2 Å². The lowest BCUT2D eigenvalue weighted by Gasteiger charge is -2.30. The van der Waals surface area contributed by atoms with E-state index in [9.17, 15) is 14.9 Å². The number of nitriles is 1. The lowest BCUT2D eigenvalue weighted by atomic mass is 10.0. The summed E-state index contributed by atoms with van der Waals surface area (Å²) in [5, 5.41) is 15.4. The van der Waals surface area contributed by atoms with Crippen molar-refractivity contribution in [1.29, 1.82) is 5.26 Å². The second kappa shape index (κ2) is 8.77. The average Bonchev–Trinajstić information content (AvgIpc) is 3.16. The number of anilines is 1. The molecular weight excluding hydrogens is 424 g/mol. The van der Waals surface area contributed by atoms with Gasteiger partial charge in [0, 0.05) is 29.5 Å². The zero-order valence-corrected chi connectivity index (χ0v) is 18.8. The van der Waals surface area contributed by atoms with Gasteiger partial charge in [0.15, 0.2) is 5.13 Å². The summed E-state index contributed by atoms with van der Waals surface area (Å²) in [5.41, 5.74) is 4.69. The van der Waals surface area contributed by atoms with Crippen LogP contribution in [-0.4, -0.2) is 45.9 Å². The number of urea groups is 1. The normalized spacial score (nSPS) is 15.8. The van der Waals surface area contributed by atoms with Crippen molar-refractivity contribution in [2.45, 2.75) is 26.8 Å². The van der Waals surface area contributed by atoms with Gasteiger partial charge >= 0.3 is 6.03 Å². The number of amides is 3. The van der Waals surface area contributed by atoms with Gasteiger partial charge in [0.05, 0.1) is 22.2 Å². The molecule has 0 unspecified atom stereocenters. The van der Waals surface area contributed by atoms with Crippen molar-refractivity contribution >= 4 is 28.4 Å². The first-order valence-electron chi connectivity index (χ1n) is 10.1. The summed E-state index contributed by atoms with van der Waals surface area (Å²) >= 11 is 1.35. The van der Waals surface area contributed by atoms with Crippen LogP contribution < -0.4 is 10.6 Å². The fourth-order valence-electron chi connectivity index (χ4n) is 3.73. The lowest BCUT2D eigenvalue weighted by Crippen LogP contribution is -2.55. The molecular formula is C23H22N6O2S. The molecule has 0 spiro atoms. The van der Waals surface area contributed by atoms with Crippen LogP contribution in [0.4, 0.5) is 9.93 Å². The molecule has 2 N–H and O–H groups in total. The topological polar surface area (TPSA) is 111 Å². The number of benzene rings is 1. The molecule has 1 atom stereocenters. The van der Waals surface area contributed by atoms with Crippen molar-refractivity contribution in [3.63, 3.8) is 0 Å². The highest BCUT2D eigenvalue weighted by Gasteiger charge is 2.26.